The van der Waals surface area contributed by atoms with Crippen LogP contribution in [0.25, 0.3) is 0 Å². The number of halogens is 2. The fraction of sp³-hybridized carbons (Fsp3) is 0.222. The molecule has 7 heteroatoms. The second-order valence-corrected chi connectivity index (χ2v) is 5.52. The summed E-state index contributed by atoms with van der Waals surface area (Å²) in [5, 5.41) is 2.58. The minimum atomic E-state index is -0.787. The smallest absolute Gasteiger partial charge is 0.340 e. The zero-order valence-corrected chi connectivity index (χ0v) is 14.3. The molecule has 0 heterocycles. The molecule has 0 bridgehead atoms. The van der Waals surface area contributed by atoms with Gasteiger partial charge in [-0.15, -0.1) is 0 Å². The Morgan fingerprint density at radius 3 is 2.68 bits per heavy atom. The summed E-state index contributed by atoms with van der Waals surface area (Å²) >= 11 is 5.77. The Bertz CT molecular complexity index is 766. The lowest BCUT2D eigenvalue weighted by atomic mass is 10.1. The molecule has 0 atom stereocenters. The van der Waals surface area contributed by atoms with Crippen LogP contribution in [0.1, 0.15) is 15.9 Å². The minimum Gasteiger partial charge on any atom is -0.496 e. The number of esters is 1. The van der Waals surface area contributed by atoms with Crippen molar-refractivity contribution in [3.8, 4) is 5.75 Å². The van der Waals surface area contributed by atoms with Gasteiger partial charge in [0.15, 0.2) is 6.61 Å². The van der Waals surface area contributed by atoms with Gasteiger partial charge < -0.3 is 14.8 Å². The van der Waals surface area contributed by atoms with Crippen LogP contribution in [0, 0.1) is 5.82 Å². The van der Waals surface area contributed by atoms with Crippen molar-refractivity contribution >= 4 is 23.5 Å². The quantitative estimate of drug-likeness (QED) is 0.766. The van der Waals surface area contributed by atoms with Crippen molar-refractivity contribution < 1.29 is 23.5 Å². The third kappa shape index (κ3) is 5.46. The number of para-hydroxylation sites is 1. The highest BCUT2D eigenvalue weighted by Crippen LogP contribution is 2.18. The van der Waals surface area contributed by atoms with Gasteiger partial charge in [0.25, 0.3) is 5.91 Å². The topological polar surface area (TPSA) is 64.6 Å². The number of nitrogens with one attached hydrogen (secondary N) is 1. The summed E-state index contributed by atoms with van der Waals surface area (Å²) in [4.78, 5) is 23.6. The Morgan fingerprint density at radius 1 is 1.20 bits per heavy atom. The first-order chi connectivity index (χ1) is 12.0. The number of methoxy groups -OCH3 is 1. The predicted molar refractivity (Wildman–Crippen MR) is 91.4 cm³/mol. The zero-order chi connectivity index (χ0) is 18.2. The lowest BCUT2D eigenvalue weighted by Crippen LogP contribution is -2.30. The van der Waals surface area contributed by atoms with Crippen molar-refractivity contribution in [1.82, 2.24) is 5.32 Å². The number of ether oxygens (including phenoxy) is 2. The van der Waals surface area contributed by atoms with Crippen LogP contribution in [0.15, 0.2) is 42.5 Å². The number of hydrogen-bond acceptors (Lipinski definition) is 4. The molecular weight excluding hydrogens is 349 g/mol. The zero-order valence-electron chi connectivity index (χ0n) is 13.6. The van der Waals surface area contributed by atoms with Gasteiger partial charge in [-0.2, -0.15) is 0 Å². The summed E-state index contributed by atoms with van der Waals surface area (Å²) in [6.45, 7) is -0.0769. The van der Waals surface area contributed by atoms with Crippen LogP contribution in [0.4, 0.5) is 4.39 Å². The molecule has 0 spiro atoms. The largest absolute Gasteiger partial charge is 0.496 e. The Labute approximate surface area is 149 Å². The highest BCUT2D eigenvalue weighted by atomic mass is 35.5. The van der Waals surface area contributed by atoms with E-state index >= 15 is 0 Å². The first kappa shape index (κ1) is 18.7. The molecule has 2 aromatic carbocycles. The van der Waals surface area contributed by atoms with Gasteiger partial charge in [0.05, 0.1) is 17.7 Å². The highest BCUT2D eigenvalue weighted by Gasteiger charge is 2.14. The van der Waals surface area contributed by atoms with Gasteiger partial charge in [-0.3, -0.25) is 4.79 Å². The van der Waals surface area contributed by atoms with Crippen molar-refractivity contribution in [2.75, 3.05) is 20.3 Å². The Morgan fingerprint density at radius 2 is 1.96 bits per heavy atom. The van der Waals surface area contributed by atoms with Gasteiger partial charge in [-0.1, -0.05) is 29.8 Å². The van der Waals surface area contributed by atoms with E-state index in [9.17, 15) is 14.0 Å². The van der Waals surface area contributed by atoms with Crippen LogP contribution < -0.4 is 10.1 Å². The standard InChI is InChI=1S/C18H17ClFNO4/c1-24-16-5-3-2-4-12(16)8-9-21-17(22)11-25-18(23)14-7-6-13(20)10-15(14)19/h2-7,10H,8-9,11H2,1H3,(H,21,22). The maximum Gasteiger partial charge on any atom is 0.340 e. The lowest BCUT2D eigenvalue weighted by molar-refractivity contribution is -0.124. The predicted octanol–water partition coefficient (Wildman–Crippen LogP) is 3.00. The van der Waals surface area contributed by atoms with Gasteiger partial charge in [-0.25, -0.2) is 9.18 Å². The summed E-state index contributed by atoms with van der Waals surface area (Å²) < 4.78 is 23.1. The monoisotopic (exact) mass is 365 g/mol. The molecule has 5 nitrogen and oxygen atoms in total. The van der Waals surface area contributed by atoms with Crippen LogP contribution in [0.2, 0.25) is 5.02 Å². The minimum absolute atomic E-state index is 0.00453. The molecule has 2 aromatic rings. The molecule has 0 fully saturated rings. The molecule has 1 amide bonds. The number of amides is 1. The van der Waals surface area contributed by atoms with Crippen LogP contribution in [-0.2, 0) is 16.0 Å². The SMILES string of the molecule is COc1ccccc1CCNC(=O)COC(=O)c1ccc(F)cc1Cl. The Balaban J connectivity index is 1.78. The van der Waals surface area contributed by atoms with E-state index in [1.54, 1.807) is 7.11 Å². The van der Waals surface area contributed by atoms with Crippen LogP contribution in [0.3, 0.4) is 0 Å². The van der Waals surface area contributed by atoms with E-state index in [1.165, 1.54) is 6.07 Å². The highest BCUT2D eigenvalue weighted by molar-refractivity contribution is 6.33. The number of carbonyl (C=O) groups is 2. The van der Waals surface area contributed by atoms with Crippen molar-refractivity contribution in [3.05, 3.63) is 64.4 Å². The molecule has 25 heavy (non-hydrogen) atoms. The van der Waals surface area contributed by atoms with Crippen LogP contribution >= 0.6 is 11.6 Å². The second kappa shape index (κ2) is 9.03. The molecular formula is C18H17ClFNO4. The van der Waals surface area contributed by atoms with E-state index in [0.29, 0.717) is 13.0 Å². The van der Waals surface area contributed by atoms with Gasteiger partial charge in [-0.05, 0) is 36.2 Å². The Hall–Kier alpha value is -2.60. The molecule has 0 aliphatic heterocycles. The summed E-state index contributed by atoms with van der Waals surface area (Å²) in [5.41, 5.74) is 0.963. The Kier molecular flexibility index (Phi) is 6.77. The van der Waals surface area contributed by atoms with E-state index in [4.69, 9.17) is 21.1 Å². The average molecular weight is 366 g/mol. The van der Waals surface area contributed by atoms with E-state index < -0.39 is 24.3 Å². The van der Waals surface area contributed by atoms with Crippen LogP contribution in [-0.4, -0.2) is 32.1 Å². The maximum atomic E-state index is 12.9. The lowest BCUT2D eigenvalue weighted by Gasteiger charge is -2.09. The van der Waals surface area contributed by atoms with Crippen molar-refractivity contribution in [2.24, 2.45) is 0 Å². The molecule has 0 radical (unpaired) electrons. The third-order valence-electron chi connectivity index (χ3n) is 3.39. The van der Waals surface area contributed by atoms with Crippen molar-refractivity contribution in [2.45, 2.75) is 6.42 Å². The fourth-order valence-electron chi connectivity index (χ4n) is 2.16. The molecule has 0 aliphatic carbocycles. The van der Waals surface area contributed by atoms with Crippen molar-refractivity contribution in [1.29, 1.82) is 0 Å². The van der Waals surface area contributed by atoms with Gasteiger partial charge in [0.1, 0.15) is 11.6 Å². The number of rotatable bonds is 7. The molecule has 0 aliphatic rings. The first-order valence-corrected chi connectivity index (χ1v) is 7.90. The fourth-order valence-corrected chi connectivity index (χ4v) is 2.41. The molecule has 0 aromatic heterocycles. The van der Waals surface area contributed by atoms with E-state index in [2.05, 4.69) is 5.32 Å². The normalized spacial score (nSPS) is 10.2. The molecule has 1 N–H and O–H groups in total. The summed E-state index contributed by atoms with van der Waals surface area (Å²) in [6.07, 6.45) is 0.577. The van der Waals surface area contributed by atoms with Gasteiger partial charge in [0, 0.05) is 6.54 Å². The maximum absolute atomic E-state index is 12.9. The molecule has 132 valence electrons. The average Bonchev–Trinajstić information content (AvgIpc) is 2.60. The molecule has 0 saturated heterocycles. The molecule has 0 unspecified atom stereocenters. The van der Waals surface area contributed by atoms with E-state index in [0.717, 1.165) is 23.4 Å². The number of carbonyl (C=O) groups excluding carboxylic acids is 2. The van der Waals surface area contributed by atoms with Crippen LogP contribution in [0.5, 0.6) is 5.75 Å². The van der Waals surface area contributed by atoms with E-state index in [-0.39, 0.29) is 10.6 Å². The van der Waals surface area contributed by atoms with Crippen molar-refractivity contribution in [3.63, 3.8) is 0 Å². The number of hydrogen-bond donors (Lipinski definition) is 1. The number of benzene rings is 2. The summed E-state index contributed by atoms with van der Waals surface area (Å²) in [6, 6.07) is 10.8. The second-order valence-electron chi connectivity index (χ2n) is 5.11. The molecule has 2 rings (SSSR count). The van der Waals surface area contributed by atoms with Gasteiger partial charge >= 0.3 is 5.97 Å². The third-order valence-corrected chi connectivity index (χ3v) is 3.71. The van der Waals surface area contributed by atoms with Gasteiger partial charge in [0.2, 0.25) is 0 Å². The summed E-state index contributed by atoms with van der Waals surface area (Å²) in [5.74, 6) is -1.05. The van der Waals surface area contributed by atoms with E-state index in [1.807, 2.05) is 24.3 Å². The molecule has 0 saturated carbocycles. The summed E-state index contributed by atoms with van der Waals surface area (Å²) in [7, 11) is 1.58. The first-order valence-electron chi connectivity index (χ1n) is 7.52.